The van der Waals surface area contributed by atoms with E-state index in [1.165, 1.54) is 18.3 Å². The summed E-state index contributed by atoms with van der Waals surface area (Å²) in [7, 11) is 0. The number of nitrogens with one attached hydrogen (secondary N) is 3. The van der Waals surface area contributed by atoms with Crippen LogP contribution in [0.25, 0.3) is 0 Å². The first kappa shape index (κ1) is 21.4. The summed E-state index contributed by atoms with van der Waals surface area (Å²) in [4.78, 5) is 28.9. The number of carbonyl (C=O) groups excluding carboxylic acids is 2. The fraction of sp³-hybridized carbons (Fsp3) is 0.136. The Morgan fingerprint density at radius 1 is 1.10 bits per heavy atom. The van der Waals surface area contributed by atoms with Crippen molar-refractivity contribution in [2.45, 2.75) is 13.3 Å². The maximum absolute atomic E-state index is 13.4. The van der Waals surface area contributed by atoms with E-state index in [-0.39, 0.29) is 24.8 Å². The van der Waals surface area contributed by atoms with Crippen LogP contribution in [-0.4, -0.2) is 23.3 Å². The lowest BCUT2D eigenvalue weighted by atomic mass is 10.2. The van der Waals surface area contributed by atoms with Gasteiger partial charge in [-0.25, -0.2) is 9.37 Å². The molecule has 0 bridgehead atoms. The van der Waals surface area contributed by atoms with Gasteiger partial charge in [-0.2, -0.15) is 0 Å². The molecule has 8 heteroatoms. The first-order valence-electron chi connectivity index (χ1n) is 9.24. The van der Waals surface area contributed by atoms with Crippen LogP contribution in [0.4, 0.5) is 21.6 Å². The number of aryl methyl sites for hydroxylation is 1. The average Bonchev–Trinajstić information content (AvgIpc) is 2.71. The molecule has 0 spiro atoms. The van der Waals surface area contributed by atoms with E-state index in [4.69, 9.17) is 0 Å². The fourth-order valence-electron chi connectivity index (χ4n) is 2.72. The van der Waals surface area contributed by atoms with Crippen molar-refractivity contribution < 1.29 is 14.0 Å². The summed E-state index contributed by atoms with van der Waals surface area (Å²) in [6.45, 7) is 2.06. The van der Waals surface area contributed by atoms with Crippen LogP contribution in [0.1, 0.15) is 22.3 Å². The van der Waals surface area contributed by atoms with Crippen molar-refractivity contribution in [3.05, 3.63) is 82.2 Å². The molecule has 0 atom stereocenters. The van der Waals surface area contributed by atoms with E-state index >= 15 is 0 Å². The summed E-state index contributed by atoms with van der Waals surface area (Å²) >= 11 is 3.38. The number of anilines is 3. The van der Waals surface area contributed by atoms with Crippen molar-refractivity contribution in [3.63, 3.8) is 0 Å². The minimum atomic E-state index is -0.395. The van der Waals surface area contributed by atoms with Gasteiger partial charge in [0.15, 0.2) is 0 Å². The number of pyridine rings is 1. The molecule has 0 radical (unpaired) electrons. The third kappa shape index (κ3) is 5.87. The molecular weight excluding hydrogens is 451 g/mol. The standard InChI is InChI=1S/C22H20BrFN4O2/c1-14-7-8-15(23)12-19(14)28-20(29)9-11-26-22(30)18-6-3-10-25-21(18)27-17-5-2-4-16(24)13-17/h2-8,10,12-13H,9,11H2,1H3,(H,25,27)(H,26,30)(H,28,29). The maximum Gasteiger partial charge on any atom is 0.255 e. The largest absolute Gasteiger partial charge is 0.351 e. The number of carbonyl (C=O) groups is 2. The van der Waals surface area contributed by atoms with Gasteiger partial charge in [0.25, 0.3) is 5.91 Å². The summed E-state index contributed by atoms with van der Waals surface area (Å²) in [6.07, 6.45) is 1.65. The highest BCUT2D eigenvalue weighted by Gasteiger charge is 2.13. The third-order valence-corrected chi connectivity index (χ3v) is 4.74. The molecule has 0 unspecified atom stereocenters. The minimum absolute atomic E-state index is 0.116. The van der Waals surface area contributed by atoms with Crippen molar-refractivity contribution in [3.8, 4) is 0 Å². The van der Waals surface area contributed by atoms with Gasteiger partial charge in [-0.15, -0.1) is 0 Å². The van der Waals surface area contributed by atoms with E-state index < -0.39 is 5.82 Å². The van der Waals surface area contributed by atoms with Gasteiger partial charge in [0.05, 0.1) is 5.56 Å². The molecule has 1 heterocycles. The van der Waals surface area contributed by atoms with E-state index in [0.29, 0.717) is 17.1 Å². The Kier molecular flexibility index (Phi) is 7.13. The summed E-state index contributed by atoms with van der Waals surface area (Å²) in [6, 6.07) is 14.7. The van der Waals surface area contributed by atoms with Crippen LogP contribution in [0.5, 0.6) is 0 Å². The summed E-state index contributed by atoms with van der Waals surface area (Å²) in [5.41, 5.74) is 2.44. The minimum Gasteiger partial charge on any atom is -0.351 e. The van der Waals surface area contributed by atoms with Crippen LogP contribution in [0.2, 0.25) is 0 Å². The van der Waals surface area contributed by atoms with Crippen molar-refractivity contribution in [2.24, 2.45) is 0 Å². The molecule has 0 aliphatic heterocycles. The Morgan fingerprint density at radius 3 is 2.73 bits per heavy atom. The zero-order valence-corrected chi connectivity index (χ0v) is 17.8. The van der Waals surface area contributed by atoms with Crippen molar-refractivity contribution in [2.75, 3.05) is 17.2 Å². The van der Waals surface area contributed by atoms with Crippen molar-refractivity contribution in [1.82, 2.24) is 10.3 Å². The Hall–Kier alpha value is -3.26. The highest BCUT2D eigenvalue weighted by molar-refractivity contribution is 9.10. The Labute approximate surface area is 182 Å². The normalized spacial score (nSPS) is 10.4. The summed E-state index contributed by atoms with van der Waals surface area (Å²) in [5, 5.41) is 8.49. The lowest BCUT2D eigenvalue weighted by molar-refractivity contribution is -0.116. The lowest BCUT2D eigenvalue weighted by Gasteiger charge is -2.12. The highest BCUT2D eigenvalue weighted by Crippen LogP contribution is 2.21. The van der Waals surface area contributed by atoms with Crippen LogP contribution in [-0.2, 0) is 4.79 Å². The molecule has 2 amide bonds. The van der Waals surface area contributed by atoms with Gasteiger partial charge in [0.1, 0.15) is 11.6 Å². The molecule has 0 fully saturated rings. The average molecular weight is 471 g/mol. The zero-order valence-electron chi connectivity index (χ0n) is 16.2. The molecule has 3 rings (SSSR count). The number of halogens is 2. The molecule has 0 saturated heterocycles. The summed E-state index contributed by atoms with van der Waals surface area (Å²) < 4.78 is 14.3. The maximum atomic E-state index is 13.4. The fourth-order valence-corrected chi connectivity index (χ4v) is 3.08. The topological polar surface area (TPSA) is 83.1 Å². The number of benzene rings is 2. The van der Waals surface area contributed by atoms with Crippen LogP contribution in [0.3, 0.4) is 0 Å². The predicted molar refractivity (Wildman–Crippen MR) is 118 cm³/mol. The van der Waals surface area contributed by atoms with Crippen molar-refractivity contribution >= 4 is 44.9 Å². The molecular formula is C22H20BrFN4O2. The van der Waals surface area contributed by atoms with E-state index in [1.54, 1.807) is 24.3 Å². The van der Waals surface area contributed by atoms with E-state index in [9.17, 15) is 14.0 Å². The van der Waals surface area contributed by atoms with Gasteiger partial charge < -0.3 is 16.0 Å². The van der Waals surface area contributed by atoms with Crippen LogP contribution in [0, 0.1) is 12.7 Å². The highest BCUT2D eigenvalue weighted by atomic mass is 79.9. The third-order valence-electron chi connectivity index (χ3n) is 4.25. The number of amides is 2. The molecule has 6 nitrogen and oxygen atoms in total. The second kappa shape index (κ2) is 9.98. The predicted octanol–water partition coefficient (Wildman–Crippen LogP) is 4.79. The van der Waals surface area contributed by atoms with Crippen LogP contribution >= 0.6 is 15.9 Å². The molecule has 3 N–H and O–H groups in total. The van der Waals surface area contributed by atoms with E-state index in [0.717, 1.165) is 15.7 Å². The second-order valence-corrected chi connectivity index (χ2v) is 7.46. The monoisotopic (exact) mass is 470 g/mol. The quantitative estimate of drug-likeness (QED) is 0.463. The first-order chi connectivity index (χ1) is 14.4. The van der Waals surface area contributed by atoms with E-state index in [1.807, 2.05) is 25.1 Å². The Bertz CT molecular complexity index is 1070. The number of aromatic nitrogens is 1. The molecule has 0 aliphatic carbocycles. The molecule has 0 aliphatic rings. The smallest absolute Gasteiger partial charge is 0.255 e. The second-order valence-electron chi connectivity index (χ2n) is 6.55. The molecule has 0 saturated carbocycles. The first-order valence-corrected chi connectivity index (χ1v) is 10.0. The number of hydrogen-bond donors (Lipinski definition) is 3. The van der Waals surface area contributed by atoms with Gasteiger partial charge in [0, 0.05) is 35.0 Å². The lowest BCUT2D eigenvalue weighted by Crippen LogP contribution is -2.28. The van der Waals surface area contributed by atoms with Gasteiger partial charge in [-0.1, -0.05) is 28.1 Å². The number of rotatable bonds is 7. The summed E-state index contributed by atoms with van der Waals surface area (Å²) in [5.74, 6) is -0.683. The molecule has 30 heavy (non-hydrogen) atoms. The van der Waals surface area contributed by atoms with Gasteiger partial charge in [-0.3, -0.25) is 9.59 Å². The molecule has 1 aromatic heterocycles. The molecule has 2 aromatic carbocycles. The van der Waals surface area contributed by atoms with Gasteiger partial charge >= 0.3 is 0 Å². The zero-order chi connectivity index (χ0) is 21.5. The van der Waals surface area contributed by atoms with Gasteiger partial charge in [0.2, 0.25) is 5.91 Å². The number of nitrogens with zero attached hydrogens (tertiary/aromatic N) is 1. The van der Waals surface area contributed by atoms with Gasteiger partial charge in [-0.05, 0) is 55.0 Å². The molecule has 154 valence electrons. The Morgan fingerprint density at radius 2 is 1.93 bits per heavy atom. The van der Waals surface area contributed by atoms with Crippen molar-refractivity contribution in [1.29, 1.82) is 0 Å². The SMILES string of the molecule is Cc1ccc(Br)cc1NC(=O)CCNC(=O)c1cccnc1Nc1cccc(F)c1. The molecule has 3 aromatic rings. The Balaban J connectivity index is 1.57. The van der Waals surface area contributed by atoms with Crippen LogP contribution < -0.4 is 16.0 Å². The van der Waals surface area contributed by atoms with E-state index in [2.05, 4.69) is 36.9 Å². The van der Waals surface area contributed by atoms with Crippen LogP contribution in [0.15, 0.2) is 65.3 Å². The number of hydrogen-bond acceptors (Lipinski definition) is 4.